The third-order valence-corrected chi connectivity index (χ3v) is 12.3. The molecular weight excluding hydrogens is 702 g/mol. The summed E-state index contributed by atoms with van der Waals surface area (Å²) < 4.78 is 17.3. The lowest BCUT2D eigenvalue weighted by atomic mass is 9.55. The zero-order chi connectivity index (χ0) is 38.4. The molecule has 6 rings (SSSR count). The maximum Gasteiger partial charge on any atom is 0.323 e. The summed E-state index contributed by atoms with van der Waals surface area (Å²) >= 11 is 6.47. The van der Waals surface area contributed by atoms with Crippen molar-refractivity contribution in [2.45, 2.75) is 96.1 Å². The highest BCUT2D eigenvalue weighted by Gasteiger charge is 2.62. The van der Waals surface area contributed by atoms with E-state index in [1.165, 1.54) is 19.1 Å². The van der Waals surface area contributed by atoms with Crippen molar-refractivity contribution < 1.29 is 43.6 Å². The average Bonchev–Trinajstić information content (AvgIpc) is 3.45. The number of anilines is 1. The molecule has 4 aliphatic rings. The topological polar surface area (TPSA) is 147 Å². The number of amides is 1. The van der Waals surface area contributed by atoms with Gasteiger partial charge in [-0.3, -0.25) is 29.6 Å². The summed E-state index contributed by atoms with van der Waals surface area (Å²) in [5.41, 5.74) is 0.569. The molecule has 53 heavy (non-hydrogen) atoms. The van der Waals surface area contributed by atoms with Crippen molar-refractivity contribution in [2.24, 2.45) is 23.7 Å². The number of ether oxygens (including phenoxy) is 3. The Bertz CT molecular complexity index is 1760. The number of hydrogen-bond donors (Lipinski definition) is 3. The zero-order valence-corrected chi connectivity index (χ0v) is 32.3. The van der Waals surface area contributed by atoms with E-state index >= 15 is 0 Å². The van der Waals surface area contributed by atoms with Gasteiger partial charge in [-0.2, -0.15) is 0 Å². The molecule has 13 heteroatoms. The van der Waals surface area contributed by atoms with Gasteiger partial charge in [0, 0.05) is 52.1 Å². The predicted octanol–water partition coefficient (Wildman–Crippen LogP) is 4.41. The van der Waals surface area contributed by atoms with Crippen LogP contribution in [0.4, 0.5) is 5.69 Å². The highest BCUT2D eigenvalue weighted by atomic mass is 35.5. The molecule has 2 fully saturated rings. The van der Waals surface area contributed by atoms with E-state index in [-0.39, 0.29) is 36.7 Å². The smallest absolute Gasteiger partial charge is 0.323 e. The van der Waals surface area contributed by atoms with Gasteiger partial charge in [0.05, 0.1) is 10.7 Å². The number of aryl methyl sites for hydroxylation is 1. The number of benzene rings is 2. The number of carbonyl (C=O) groups excluding carboxylic acids is 3. The van der Waals surface area contributed by atoms with Gasteiger partial charge < -0.3 is 29.3 Å². The van der Waals surface area contributed by atoms with E-state index in [9.17, 15) is 24.6 Å². The summed E-state index contributed by atoms with van der Waals surface area (Å²) in [5.74, 6) is -2.45. The van der Waals surface area contributed by atoms with Gasteiger partial charge in [0.2, 0.25) is 5.91 Å². The standard InChI is InChI=1S/C40H52ClN3O9/c1-22-11-8-9-12-27(22)20-44(33(46)21-50-7)19-24(3)28-16-15-25(4)40(49)30(28)17-23(2)35(51-26(5)45)36(40)52-37(47)32-18-39(48)29-13-10-14-31(41)34(29)43(6)53-38(39)42-32/h8-14,17,24-25,28,30,32,35-36,38,42,48-49H,15-16,18-21H2,1-7H3/t24?,25-,28+,30-,32+,35-,36+,38-,39-,40-/m1/s1. The van der Waals surface area contributed by atoms with Gasteiger partial charge in [-0.05, 0) is 67.2 Å². The van der Waals surface area contributed by atoms with E-state index < -0.39 is 53.5 Å². The molecule has 2 heterocycles. The third-order valence-electron chi connectivity index (χ3n) is 12.0. The third kappa shape index (κ3) is 7.22. The monoisotopic (exact) mass is 753 g/mol. The Morgan fingerprint density at radius 2 is 1.85 bits per heavy atom. The van der Waals surface area contributed by atoms with E-state index in [1.807, 2.05) is 56.0 Å². The number of halogens is 1. The molecule has 1 saturated carbocycles. The van der Waals surface area contributed by atoms with E-state index in [2.05, 4.69) is 12.2 Å². The minimum absolute atomic E-state index is 0.0556. The van der Waals surface area contributed by atoms with Crippen LogP contribution in [-0.4, -0.2) is 90.3 Å². The van der Waals surface area contributed by atoms with Gasteiger partial charge in [0.1, 0.15) is 23.9 Å². The Balaban J connectivity index is 1.28. The highest BCUT2D eigenvalue weighted by Crippen LogP contribution is 2.53. The number of methoxy groups -OCH3 is 1. The molecule has 12 nitrogen and oxygen atoms in total. The molecule has 2 aliphatic carbocycles. The van der Waals surface area contributed by atoms with Crippen molar-refractivity contribution >= 4 is 35.1 Å². The molecule has 2 aliphatic heterocycles. The number of para-hydroxylation sites is 1. The summed E-state index contributed by atoms with van der Waals surface area (Å²) in [6, 6.07) is 12.1. The minimum atomic E-state index is -1.62. The van der Waals surface area contributed by atoms with E-state index in [1.54, 1.807) is 25.2 Å². The first-order chi connectivity index (χ1) is 25.1. The Kier molecular flexibility index (Phi) is 11.3. The Hall–Kier alpha value is -3.52. The number of carbonyl (C=O) groups is 3. The number of aliphatic hydroxyl groups is 2. The fourth-order valence-electron chi connectivity index (χ4n) is 9.11. The number of hydroxylamine groups is 1. The Morgan fingerprint density at radius 1 is 1.11 bits per heavy atom. The Labute approximate surface area is 316 Å². The molecule has 1 amide bonds. The molecule has 0 spiro atoms. The van der Waals surface area contributed by atoms with Crippen LogP contribution in [-0.2, 0) is 45.6 Å². The van der Waals surface area contributed by atoms with Crippen LogP contribution in [0.15, 0.2) is 54.1 Å². The van der Waals surface area contributed by atoms with Crippen LogP contribution in [0, 0.1) is 30.6 Å². The van der Waals surface area contributed by atoms with Gasteiger partial charge in [0.25, 0.3) is 0 Å². The van der Waals surface area contributed by atoms with Gasteiger partial charge in [0.15, 0.2) is 18.4 Å². The molecule has 2 aromatic rings. The van der Waals surface area contributed by atoms with Crippen molar-refractivity contribution in [3.63, 3.8) is 0 Å². The first kappa shape index (κ1) is 39.2. The lowest BCUT2D eigenvalue weighted by Gasteiger charge is -2.56. The summed E-state index contributed by atoms with van der Waals surface area (Å²) in [5, 5.41) is 29.8. The Morgan fingerprint density at radius 3 is 2.55 bits per heavy atom. The quantitative estimate of drug-likeness (QED) is 0.234. The van der Waals surface area contributed by atoms with E-state index in [0.717, 1.165) is 17.5 Å². The van der Waals surface area contributed by atoms with Crippen molar-refractivity contribution in [2.75, 3.05) is 32.4 Å². The summed E-state index contributed by atoms with van der Waals surface area (Å²) in [7, 11) is 3.17. The second kappa shape index (κ2) is 15.3. The number of rotatable bonds is 10. The van der Waals surface area contributed by atoms with Gasteiger partial charge in [-0.25, -0.2) is 0 Å². The summed E-state index contributed by atoms with van der Waals surface area (Å²) in [6.45, 7) is 9.91. The molecule has 0 aromatic heterocycles. The lowest BCUT2D eigenvalue weighted by molar-refractivity contribution is -0.225. The highest BCUT2D eigenvalue weighted by molar-refractivity contribution is 6.33. The maximum atomic E-state index is 14.2. The van der Waals surface area contributed by atoms with Crippen molar-refractivity contribution in [3.05, 3.63) is 75.8 Å². The normalized spacial score (nSPS) is 32.5. The average molecular weight is 754 g/mol. The fraction of sp³-hybridized carbons (Fsp3) is 0.575. The summed E-state index contributed by atoms with van der Waals surface area (Å²) in [4.78, 5) is 47.8. The van der Waals surface area contributed by atoms with Gasteiger partial charge >= 0.3 is 11.9 Å². The first-order valence-corrected chi connectivity index (χ1v) is 18.7. The van der Waals surface area contributed by atoms with Crippen molar-refractivity contribution in [1.82, 2.24) is 10.2 Å². The second-order valence-electron chi connectivity index (χ2n) is 15.4. The maximum absolute atomic E-state index is 14.2. The molecule has 0 radical (unpaired) electrons. The SMILES string of the molecule is COCC(=O)N(Cc1ccccc1C)CC(C)[C@@H]1CC[C@@H](C)[C@@]2(O)[C@@H]1C=C(C)[C@@H](OC(C)=O)[C@@H]2OC(=O)[C@@H]1C[C@@]2(O)c3cccc(Cl)c3N(C)O[C@H]2N1. The first-order valence-electron chi connectivity index (χ1n) is 18.4. The van der Waals surface area contributed by atoms with E-state index in [4.69, 9.17) is 30.6 Å². The largest absolute Gasteiger partial charge is 0.454 e. The molecule has 3 N–H and O–H groups in total. The minimum Gasteiger partial charge on any atom is -0.454 e. The molecule has 1 unspecified atom stereocenters. The zero-order valence-electron chi connectivity index (χ0n) is 31.5. The second-order valence-corrected chi connectivity index (χ2v) is 15.8. The molecule has 0 bridgehead atoms. The van der Waals surface area contributed by atoms with Crippen LogP contribution in [0.3, 0.4) is 0 Å². The van der Waals surface area contributed by atoms with Gasteiger partial charge in [-0.1, -0.05) is 67.9 Å². The van der Waals surface area contributed by atoms with Crippen LogP contribution in [0.1, 0.15) is 63.6 Å². The van der Waals surface area contributed by atoms with Crippen molar-refractivity contribution in [3.8, 4) is 0 Å². The number of esters is 2. The molecule has 1 saturated heterocycles. The van der Waals surface area contributed by atoms with Crippen LogP contribution in [0.5, 0.6) is 0 Å². The van der Waals surface area contributed by atoms with Crippen LogP contribution in [0.25, 0.3) is 0 Å². The van der Waals surface area contributed by atoms with Crippen LogP contribution >= 0.6 is 11.6 Å². The predicted molar refractivity (Wildman–Crippen MR) is 197 cm³/mol. The van der Waals surface area contributed by atoms with Crippen LogP contribution < -0.4 is 10.4 Å². The molecule has 288 valence electrons. The van der Waals surface area contributed by atoms with Crippen LogP contribution in [0.2, 0.25) is 5.02 Å². The molecule has 2 aromatic carbocycles. The van der Waals surface area contributed by atoms with Crippen molar-refractivity contribution in [1.29, 1.82) is 0 Å². The number of hydrogen-bond acceptors (Lipinski definition) is 11. The number of nitrogens with one attached hydrogen (secondary N) is 1. The number of fused-ring (bicyclic) bond motifs is 4. The van der Waals surface area contributed by atoms with Gasteiger partial charge in [-0.15, -0.1) is 0 Å². The molecule has 10 atom stereocenters. The van der Waals surface area contributed by atoms with E-state index in [0.29, 0.717) is 41.4 Å². The molecular formula is C40H52ClN3O9. The number of nitrogens with zero attached hydrogens (tertiary/aromatic N) is 2. The summed E-state index contributed by atoms with van der Waals surface area (Å²) in [6.07, 6.45) is -0.00834. The lowest BCUT2D eigenvalue weighted by Crippen LogP contribution is -2.66. The fourth-order valence-corrected chi connectivity index (χ4v) is 9.40.